The molecule has 4 heterocycles. The highest BCUT2D eigenvalue weighted by Crippen LogP contribution is 2.39. The van der Waals surface area contributed by atoms with Crippen LogP contribution in [0.4, 0.5) is 0 Å². The quantitative estimate of drug-likeness (QED) is 0.518. The van der Waals surface area contributed by atoms with Gasteiger partial charge in [-0.1, -0.05) is 6.07 Å². The van der Waals surface area contributed by atoms with E-state index in [1.165, 1.54) is 4.88 Å². The van der Waals surface area contributed by atoms with Crippen molar-refractivity contribution in [3.63, 3.8) is 0 Å². The number of rotatable bonds is 6. The molecule has 142 valence electrons. The number of hydrogen-bond donors (Lipinski definition) is 1. The van der Waals surface area contributed by atoms with Crippen LogP contribution in [0.3, 0.4) is 0 Å². The first-order valence-electron chi connectivity index (χ1n) is 9.33. The van der Waals surface area contributed by atoms with Gasteiger partial charge in [0.25, 0.3) is 0 Å². The molecule has 8 heteroatoms. The van der Waals surface area contributed by atoms with Crippen LogP contribution in [0.25, 0.3) is 15.8 Å². The Kier molecular flexibility index (Phi) is 4.76. The highest BCUT2D eigenvalue weighted by atomic mass is 32.1. The topological polar surface area (TPSA) is 68.5 Å². The molecule has 1 aliphatic carbocycles. The van der Waals surface area contributed by atoms with Crippen LogP contribution >= 0.6 is 22.7 Å². The molecule has 1 fully saturated rings. The zero-order valence-electron chi connectivity index (χ0n) is 15.4. The summed E-state index contributed by atoms with van der Waals surface area (Å²) in [6, 6.07) is 10.8. The first kappa shape index (κ1) is 17.7. The van der Waals surface area contributed by atoms with Gasteiger partial charge in [0.1, 0.15) is 10.8 Å². The van der Waals surface area contributed by atoms with Crippen molar-refractivity contribution in [2.75, 3.05) is 0 Å². The Balaban J connectivity index is 1.35. The van der Waals surface area contributed by atoms with Crippen LogP contribution in [0.1, 0.15) is 35.2 Å². The molecule has 1 saturated carbocycles. The van der Waals surface area contributed by atoms with Crippen LogP contribution in [-0.4, -0.2) is 30.8 Å². The SMILES string of the molecule is Cc1ccc(-n2c(-c3nccs3)nnc2C2CC(NCc3ccccn3)C2)s1. The van der Waals surface area contributed by atoms with Crippen LogP contribution in [-0.2, 0) is 6.54 Å². The van der Waals surface area contributed by atoms with Crippen LogP contribution in [0.5, 0.6) is 0 Å². The van der Waals surface area contributed by atoms with Gasteiger partial charge in [-0.3, -0.25) is 9.55 Å². The van der Waals surface area contributed by atoms with Gasteiger partial charge >= 0.3 is 0 Å². The minimum atomic E-state index is 0.407. The third kappa shape index (κ3) is 3.39. The average molecular weight is 409 g/mol. The Bertz CT molecular complexity index is 1050. The van der Waals surface area contributed by atoms with Crippen molar-refractivity contribution in [1.29, 1.82) is 0 Å². The molecule has 0 atom stereocenters. The van der Waals surface area contributed by atoms with Gasteiger partial charge in [0.05, 0.1) is 5.69 Å². The van der Waals surface area contributed by atoms with E-state index in [4.69, 9.17) is 0 Å². The highest BCUT2D eigenvalue weighted by molar-refractivity contribution is 7.14. The van der Waals surface area contributed by atoms with Crippen LogP contribution in [0.2, 0.25) is 0 Å². The summed E-state index contributed by atoms with van der Waals surface area (Å²) in [6.07, 6.45) is 5.78. The predicted molar refractivity (Wildman–Crippen MR) is 112 cm³/mol. The van der Waals surface area contributed by atoms with E-state index >= 15 is 0 Å². The van der Waals surface area contributed by atoms with Crippen LogP contribution < -0.4 is 5.32 Å². The van der Waals surface area contributed by atoms with E-state index in [-0.39, 0.29) is 0 Å². The van der Waals surface area contributed by atoms with E-state index < -0.39 is 0 Å². The molecule has 0 spiro atoms. The van der Waals surface area contributed by atoms with Crippen LogP contribution in [0, 0.1) is 6.92 Å². The molecular formula is C20H20N6S2. The largest absolute Gasteiger partial charge is 0.308 e. The molecule has 0 aliphatic heterocycles. The zero-order chi connectivity index (χ0) is 18.9. The second kappa shape index (κ2) is 7.54. The van der Waals surface area contributed by atoms with Gasteiger partial charge in [-0.25, -0.2) is 4.98 Å². The lowest BCUT2D eigenvalue weighted by atomic mass is 9.79. The molecule has 5 rings (SSSR count). The molecule has 0 saturated heterocycles. The fourth-order valence-corrected chi connectivity index (χ4v) is 5.02. The fraction of sp³-hybridized carbons (Fsp3) is 0.300. The van der Waals surface area contributed by atoms with Crippen molar-refractivity contribution < 1.29 is 0 Å². The number of nitrogens with one attached hydrogen (secondary N) is 1. The summed E-state index contributed by atoms with van der Waals surface area (Å²) in [7, 11) is 0. The number of nitrogens with zero attached hydrogens (tertiary/aromatic N) is 5. The molecule has 1 aliphatic rings. The molecule has 0 unspecified atom stereocenters. The first-order chi connectivity index (χ1) is 13.8. The lowest BCUT2D eigenvalue weighted by Gasteiger charge is -2.35. The Morgan fingerprint density at radius 2 is 2.04 bits per heavy atom. The summed E-state index contributed by atoms with van der Waals surface area (Å²) in [4.78, 5) is 10.1. The summed E-state index contributed by atoms with van der Waals surface area (Å²) in [5.74, 6) is 2.30. The van der Waals surface area contributed by atoms with Gasteiger partial charge < -0.3 is 5.32 Å². The van der Waals surface area contributed by atoms with Crippen molar-refractivity contribution in [3.05, 3.63) is 64.5 Å². The van der Waals surface area contributed by atoms with E-state index in [1.807, 2.05) is 29.9 Å². The zero-order valence-corrected chi connectivity index (χ0v) is 17.1. The van der Waals surface area contributed by atoms with E-state index in [2.05, 4.69) is 55.2 Å². The number of hydrogen-bond acceptors (Lipinski definition) is 7. The van der Waals surface area contributed by atoms with Gasteiger partial charge in [-0.05, 0) is 44.0 Å². The summed E-state index contributed by atoms with van der Waals surface area (Å²) < 4.78 is 2.20. The number of aryl methyl sites for hydroxylation is 1. The molecule has 0 aromatic carbocycles. The number of pyridine rings is 1. The molecule has 0 amide bonds. The standard InChI is InChI=1S/C20H20N6S2/c1-13-5-6-17(28-13)26-18(24-25-19(26)20-22-8-9-27-20)14-10-16(11-14)23-12-15-4-2-3-7-21-15/h2-9,14,16,23H,10-12H2,1H3. The van der Waals surface area contributed by atoms with Crippen LogP contribution in [0.15, 0.2) is 48.1 Å². The van der Waals surface area contributed by atoms with Gasteiger partial charge in [-0.15, -0.1) is 32.9 Å². The monoisotopic (exact) mass is 408 g/mol. The summed E-state index contributed by atoms with van der Waals surface area (Å²) in [5, 5.41) is 16.7. The van der Waals surface area contributed by atoms with Gasteiger partial charge in [-0.2, -0.15) is 0 Å². The van der Waals surface area contributed by atoms with Gasteiger partial charge in [0, 0.05) is 41.2 Å². The molecule has 0 radical (unpaired) electrons. The second-order valence-electron chi connectivity index (χ2n) is 7.01. The Hall–Kier alpha value is -2.42. The molecule has 4 aromatic heterocycles. The Labute approximate surface area is 171 Å². The number of thiazole rings is 1. The minimum absolute atomic E-state index is 0.407. The molecule has 4 aromatic rings. The highest BCUT2D eigenvalue weighted by Gasteiger charge is 2.35. The van der Waals surface area contributed by atoms with Gasteiger partial charge in [0.15, 0.2) is 10.8 Å². The first-order valence-corrected chi connectivity index (χ1v) is 11.0. The Morgan fingerprint density at radius 3 is 2.75 bits per heavy atom. The van der Waals surface area contributed by atoms with E-state index in [0.717, 1.165) is 46.7 Å². The summed E-state index contributed by atoms with van der Waals surface area (Å²) in [5.41, 5.74) is 1.08. The maximum absolute atomic E-state index is 4.58. The van der Waals surface area contributed by atoms with E-state index in [0.29, 0.717) is 12.0 Å². The molecule has 28 heavy (non-hydrogen) atoms. The average Bonchev–Trinajstić information content (AvgIpc) is 3.41. The minimum Gasteiger partial charge on any atom is -0.308 e. The van der Waals surface area contributed by atoms with Crippen molar-refractivity contribution in [1.82, 2.24) is 30.0 Å². The van der Waals surface area contributed by atoms with E-state index in [9.17, 15) is 0 Å². The Morgan fingerprint density at radius 1 is 1.11 bits per heavy atom. The number of aromatic nitrogens is 5. The smallest absolute Gasteiger partial charge is 0.198 e. The maximum atomic E-state index is 4.58. The van der Waals surface area contributed by atoms with Crippen molar-refractivity contribution >= 4 is 22.7 Å². The predicted octanol–water partition coefficient (Wildman–Crippen LogP) is 4.19. The maximum Gasteiger partial charge on any atom is 0.198 e. The molecule has 1 N–H and O–H groups in total. The number of thiophene rings is 1. The summed E-state index contributed by atoms with van der Waals surface area (Å²) >= 11 is 3.37. The third-order valence-corrected chi connectivity index (χ3v) is 6.81. The van der Waals surface area contributed by atoms with Crippen molar-refractivity contribution in [2.24, 2.45) is 0 Å². The normalized spacial score (nSPS) is 18.9. The summed E-state index contributed by atoms with van der Waals surface area (Å²) in [6.45, 7) is 2.93. The lowest BCUT2D eigenvalue weighted by Crippen LogP contribution is -2.40. The van der Waals surface area contributed by atoms with Crippen molar-refractivity contribution in [2.45, 2.75) is 38.3 Å². The van der Waals surface area contributed by atoms with Crippen molar-refractivity contribution in [3.8, 4) is 15.8 Å². The van der Waals surface area contributed by atoms with Gasteiger partial charge in [0.2, 0.25) is 0 Å². The van der Waals surface area contributed by atoms with E-state index in [1.54, 1.807) is 22.7 Å². The molecule has 0 bridgehead atoms. The fourth-order valence-electron chi connectivity index (χ4n) is 3.54. The lowest BCUT2D eigenvalue weighted by molar-refractivity contribution is 0.277. The molecule has 6 nitrogen and oxygen atoms in total. The third-order valence-electron chi connectivity index (χ3n) is 5.06. The second-order valence-corrected chi connectivity index (χ2v) is 9.17. The molecular weight excluding hydrogens is 388 g/mol.